The molecule has 0 aromatic carbocycles. The summed E-state index contributed by atoms with van der Waals surface area (Å²) in [5, 5.41) is 0. The molecule has 0 aromatic rings. The van der Waals surface area contributed by atoms with Crippen molar-refractivity contribution in [3.63, 3.8) is 0 Å². The molecule has 0 unspecified atom stereocenters. The first-order valence-corrected chi connectivity index (χ1v) is 2.66. The predicted octanol–water partition coefficient (Wildman–Crippen LogP) is 1.22. The number of nitrogens with zero attached hydrogens (tertiary/aromatic N) is 1. The number of rotatable bonds is 0. The molecule has 0 spiro atoms. The second-order valence-electron chi connectivity index (χ2n) is 1.92. The first-order valence-electron chi connectivity index (χ1n) is 2.66. The zero-order valence-electron chi connectivity index (χ0n) is 4.68. The van der Waals surface area contributed by atoms with Gasteiger partial charge in [-0.1, -0.05) is 14.9 Å². The largest absolute Gasteiger partial charge is 0.379 e. The molecule has 1 aliphatic heterocycles. The third-order valence-corrected chi connectivity index (χ3v) is 1.23. The first-order chi connectivity index (χ1) is 3.39. The van der Waals surface area contributed by atoms with Crippen molar-refractivity contribution < 1.29 is 4.74 Å². The molecule has 9 heavy (non-hydrogen) atoms. The molecule has 0 amide bonds. The van der Waals surface area contributed by atoms with E-state index in [1.54, 1.807) is 0 Å². The fourth-order valence-electron chi connectivity index (χ4n) is 0.655. The summed E-state index contributed by atoms with van der Waals surface area (Å²) in [4.78, 5) is 2.27. The molecular weight excluding hydrogens is 114 g/mol. The average Bonchev–Trinajstić information content (AvgIpc) is 1.69. The third kappa shape index (κ3) is 4.43. The maximum Gasteiger partial charge on any atom is 0.0594 e. The van der Waals surface area contributed by atoms with Crippen LogP contribution in [0.2, 0.25) is 0 Å². The number of ether oxygens (including phenoxy) is 1. The smallest absolute Gasteiger partial charge is 0.0594 e. The summed E-state index contributed by atoms with van der Waals surface area (Å²) in [6.07, 6.45) is 0. The Morgan fingerprint density at radius 2 is 1.56 bits per heavy atom. The lowest BCUT2D eigenvalue weighted by atomic mass is 10.5. The van der Waals surface area contributed by atoms with Gasteiger partial charge in [0.15, 0.2) is 0 Å². The van der Waals surface area contributed by atoms with Gasteiger partial charge in [0.25, 0.3) is 0 Å². The Morgan fingerprint density at radius 1 is 1.11 bits per heavy atom. The summed E-state index contributed by atoms with van der Waals surface area (Å²) in [5.41, 5.74) is 0. The fraction of sp³-hybridized carbons (Fsp3) is 1.00. The second kappa shape index (κ2) is 6.05. The van der Waals surface area contributed by atoms with Crippen molar-refractivity contribution in [1.29, 1.82) is 0 Å². The Kier molecular flexibility index (Phi) is 7.85. The normalized spacial score (nSPS) is 19.7. The lowest BCUT2D eigenvalue weighted by molar-refractivity contribution is 0.0503. The minimum atomic E-state index is 0. The first kappa shape index (κ1) is 11.7. The minimum Gasteiger partial charge on any atom is -0.379 e. The molecule has 0 atom stereocenters. The highest BCUT2D eigenvalue weighted by molar-refractivity contribution is 4.53. The minimum absolute atomic E-state index is 0. The van der Waals surface area contributed by atoms with Crippen LogP contribution < -0.4 is 0 Å². The average molecular weight is 133 g/mol. The van der Waals surface area contributed by atoms with Gasteiger partial charge in [0.1, 0.15) is 0 Å². The van der Waals surface area contributed by atoms with Gasteiger partial charge in [-0.3, -0.25) is 0 Å². The molecule has 0 saturated carbocycles. The summed E-state index contributed by atoms with van der Waals surface area (Å²) >= 11 is 0. The molecule has 1 heterocycles. The van der Waals surface area contributed by atoms with E-state index >= 15 is 0 Å². The van der Waals surface area contributed by atoms with Crippen molar-refractivity contribution in [2.75, 3.05) is 33.4 Å². The Balaban J connectivity index is 0. The van der Waals surface area contributed by atoms with Gasteiger partial charge in [-0.25, -0.2) is 0 Å². The molecule has 58 valence electrons. The molecule has 0 bridgehead atoms. The van der Waals surface area contributed by atoms with E-state index in [2.05, 4.69) is 11.9 Å². The summed E-state index contributed by atoms with van der Waals surface area (Å²) in [5.74, 6) is 0. The van der Waals surface area contributed by atoms with Crippen LogP contribution in [0.3, 0.4) is 0 Å². The van der Waals surface area contributed by atoms with Crippen molar-refractivity contribution in [3.05, 3.63) is 0 Å². The van der Waals surface area contributed by atoms with E-state index in [1.165, 1.54) is 0 Å². The van der Waals surface area contributed by atoms with E-state index in [0.717, 1.165) is 26.3 Å². The van der Waals surface area contributed by atoms with Crippen LogP contribution in [0.1, 0.15) is 14.9 Å². The number of hydrogen-bond donors (Lipinski definition) is 0. The molecule has 1 aliphatic rings. The summed E-state index contributed by atoms with van der Waals surface area (Å²) in [6.45, 7) is 4.02. The van der Waals surface area contributed by atoms with E-state index in [-0.39, 0.29) is 14.9 Å². The second-order valence-corrected chi connectivity index (χ2v) is 1.92. The molecule has 0 N–H and O–H groups in total. The highest BCUT2D eigenvalue weighted by Gasteiger charge is 2.02. The van der Waals surface area contributed by atoms with Crippen molar-refractivity contribution in [2.45, 2.75) is 14.9 Å². The van der Waals surface area contributed by atoms with Gasteiger partial charge >= 0.3 is 0 Å². The van der Waals surface area contributed by atoms with Gasteiger partial charge in [-0.05, 0) is 7.05 Å². The molecule has 1 rings (SSSR count). The van der Waals surface area contributed by atoms with E-state index in [4.69, 9.17) is 4.74 Å². The van der Waals surface area contributed by atoms with Gasteiger partial charge < -0.3 is 9.64 Å². The van der Waals surface area contributed by atoms with Crippen LogP contribution >= 0.6 is 0 Å². The van der Waals surface area contributed by atoms with Crippen LogP contribution in [0.5, 0.6) is 0 Å². The van der Waals surface area contributed by atoms with Gasteiger partial charge in [0.05, 0.1) is 13.2 Å². The summed E-state index contributed by atoms with van der Waals surface area (Å²) < 4.78 is 5.10. The van der Waals surface area contributed by atoms with Crippen molar-refractivity contribution >= 4 is 0 Å². The zero-order valence-corrected chi connectivity index (χ0v) is 4.68. The molecule has 1 fully saturated rings. The maximum absolute atomic E-state index is 5.10. The predicted molar refractivity (Wildman–Crippen MR) is 41.8 cm³/mol. The van der Waals surface area contributed by atoms with Gasteiger partial charge in [-0.2, -0.15) is 0 Å². The maximum atomic E-state index is 5.10. The molecule has 0 aromatic heterocycles. The van der Waals surface area contributed by atoms with Crippen LogP contribution in [0, 0.1) is 0 Å². The SMILES string of the molecule is C.C.CN1CCOCC1. The zero-order chi connectivity index (χ0) is 5.11. The lowest BCUT2D eigenvalue weighted by Crippen LogP contribution is -2.32. The van der Waals surface area contributed by atoms with Crippen LogP contribution in [0.15, 0.2) is 0 Å². The number of likely N-dealkylation sites (N-methyl/N-ethyl adjacent to an activating group) is 1. The van der Waals surface area contributed by atoms with Crippen LogP contribution in [0.4, 0.5) is 0 Å². The van der Waals surface area contributed by atoms with Crippen molar-refractivity contribution in [1.82, 2.24) is 4.90 Å². The Morgan fingerprint density at radius 3 is 1.78 bits per heavy atom. The highest BCUT2D eigenvalue weighted by Crippen LogP contribution is 1.89. The topological polar surface area (TPSA) is 12.5 Å². The van der Waals surface area contributed by atoms with E-state index in [0.29, 0.717) is 0 Å². The Bertz CT molecular complexity index is 50.9. The van der Waals surface area contributed by atoms with E-state index in [1.807, 2.05) is 0 Å². The van der Waals surface area contributed by atoms with Crippen LogP contribution in [-0.4, -0.2) is 38.3 Å². The third-order valence-electron chi connectivity index (χ3n) is 1.23. The van der Waals surface area contributed by atoms with Crippen LogP contribution in [-0.2, 0) is 4.74 Å². The summed E-state index contributed by atoms with van der Waals surface area (Å²) in [6, 6.07) is 0. The van der Waals surface area contributed by atoms with E-state index < -0.39 is 0 Å². The van der Waals surface area contributed by atoms with Crippen LogP contribution in [0.25, 0.3) is 0 Å². The molecule has 0 radical (unpaired) electrons. The highest BCUT2D eigenvalue weighted by atomic mass is 16.5. The Hall–Kier alpha value is -0.0800. The van der Waals surface area contributed by atoms with Crippen molar-refractivity contribution in [3.8, 4) is 0 Å². The number of morpholine rings is 1. The summed E-state index contributed by atoms with van der Waals surface area (Å²) in [7, 11) is 2.11. The Labute approximate surface area is 58.8 Å². The van der Waals surface area contributed by atoms with Gasteiger partial charge in [-0.15, -0.1) is 0 Å². The molecule has 2 nitrogen and oxygen atoms in total. The molecule has 1 saturated heterocycles. The monoisotopic (exact) mass is 133 g/mol. The quantitative estimate of drug-likeness (QED) is 0.492. The lowest BCUT2D eigenvalue weighted by Gasteiger charge is -2.21. The standard InChI is InChI=1S/C5H11NO.2CH4/c1-6-2-4-7-5-3-6;;/h2-5H2,1H3;2*1H4. The molecule has 0 aliphatic carbocycles. The van der Waals surface area contributed by atoms with Gasteiger partial charge in [0.2, 0.25) is 0 Å². The molecule has 2 heteroatoms. The molecular formula is C7H19NO. The number of hydrogen-bond acceptors (Lipinski definition) is 2. The van der Waals surface area contributed by atoms with Crippen molar-refractivity contribution in [2.24, 2.45) is 0 Å². The van der Waals surface area contributed by atoms with E-state index in [9.17, 15) is 0 Å². The fourth-order valence-corrected chi connectivity index (χ4v) is 0.655. The van der Waals surface area contributed by atoms with Gasteiger partial charge in [0, 0.05) is 13.1 Å².